The highest BCUT2D eigenvalue weighted by molar-refractivity contribution is 5.69. The zero-order chi connectivity index (χ0) is 31.5. The highest BCUT2D eigenvalue weighted by Crippen LogP contribution is 2.15. The molecule has 0 amide bonds. The number of unbranched alkanes of at least 4 members (excludes halogenated alkanes) is 17. The first-order valence-corrected chi connectivity index (χ1v) is 18.1. The zero-order valence-electron chi connectivity index (χ0n) is 28.3. The SMILES string of the molecule is CCCCC/C=C\C/C=C\CCCCCCCCCC(=O)OC(/C=C\C/C=C\CCCCCC)CCCCCCC(=O)O. The van der Waals surface area contributed by atoms with Gasteiger partial charge in [-0.25, -0.2) is 0 Å². The average molecular weight is 601 g/mol. The first-order chi connectivity index (χ1) is 21.1. The molecule has 0 saturated heterocycles. The van der Waals surface area contributed by atoms with Crippen LogP contribution in [-0.4, -0.2) is 23.1 Å². The molecule has 0 fully saturated rings. The molecule has 0 aromatic rings. The smallest absolute Gasteiger partial charge is 0.306 e. The van der Waals surface area contributed by atoms with Gasteiger partial charge in [-0.2, -0.15) is 0 Å². The summed E-state index contributed by atoms with van der Waals surface area (Å²) in [6, 6.07) is 0. The van der Waals surface area contributed by atoms with Crippen molar-refractivity contribution in [2.45, 2.75) is 187 Å². The number of carbonyl (C=O) groups excluding carboxylic acids is 1. The molecule has 0 spiro atoms. The van der Waals surface area contributed by atoms with Gasteiger partial charge in [0.15, 0.2) is 0 Å². The number of carboxylic acid groups (broad SMARTS) is 1. The molecule has 0 radical (unpaired) electrons. The number of aliphatic carboxylic acids is 1. The Labute approximate surface area is 266 Å². The number of rotatable bonds is 32. The minimum atomic E-state index is -0.729. The summed E-state index contributed by atoms with van der Waals surface area (Å²) in [5.41, 5.74) is 0. The Morgan fingerprint density at radius 2 is 0.977 bits per heavy atom. The molecular formula is C39H68O4. The highest BCUT2D eigenvalue weighted by Gasteiger charge is 2.11. The van der Waals surface area contributed by atoms with Crippen molar-refractivity contribution in [3.63, 3.8) is 0 Å². The topological polar surface area (TPSA) is 63.6 Å². The van der Waals surface area contributed by atoms with Gasteiger partial charge in [0, 0.05) is 12.8 Å². The molecule has 0 aliphatic carbocycles. The molecule has 1 unspecified atom stereocenters. The van der Waals surface area contributed by atoms with E-state index in [1.165, 1.54) is 89.9 Å². The van der Waals surface area contributed by atoms with E-state index < -0.39 is 5.97 Å². The summed E-state index contributed by atoms with van der Waals surface area (Å²) in [4.78, 5) is 23.2. The maximum atomic E-state index is 12.5. The van der Waals surface area contributed by atoms with Gasteiger partial charge in [0.25, 0.3) is 0 Å². The molecule has 0 saturated carbocycles. The van der Waals surface area contributed by atoms with Gasteiger partial charge in [-0.3, -0.25) is 9.59 Å². The second-order valence-corrected chi connectivity index (χ2v) is 12.0. The Balaban J connectivity index is 4.06. The van der Waals surface area contributed by atoms with Gasteiger partial charge >= 0.3 is 11.9 Å². The van der Waals surface area contributed by atoms with Crippen molar-refractivity contribution in [1.82, 2.24) is 0 Å². The van der Waals surface area contributed by atoms with E-state index in [1.54, 1.807) is 0 Å². The Morgan fingerprint density at radius 1 is 0.535 bits per heavy atom. The van der Waals surface area contributed by atoms with Crippen molar-refractivity contribution in [1.29, 1.82) is 0 Å². The molecule has 43 heavy (non-hydrogen) atoms. The predicted octanol–water partition coefficient (Wildman–Crippen LogP) is 12.4. The van der Waals surface area contributed by atoms with Crippen LogP contribution < -0.4 is 0 Å². The summed E-state index contributed by atoms with van der Waals surface area (Å²) in [5.74, 6) is -0.817. The first kappa shape index (κ1) is 40.9. The summed E-state index contributed by atoms with van der Waals surface area (Å²) in [7, 11) is 0. The summed E-state index contributed by atoms with van der Waals surface area (Å²) in [5, 5.41) is 8.81. The minimum Gasteiger partial charge on any atom is -0.481 e. The van der Waals surface area contributed by atoms with Crippen LogP contribution in [0.3, 0.4) is 0 Å². The van der Waals surface area contributed by atoms with Crippen LogP contribution >= 0.6 is 0 Å². The molecule has 1 atom stereocenters. The second kappa shape index (κ2) is 34.4. The summed E-state index contributed by atoms with van der Waals surface area (Å²) in [6.07, 6.45) is 45.6. The number of carbonyl (C=O) groups is 2. The lowest BCUT2D eigenvalue weighted by atomic mass is 10.1. The number of allylic oxidation sites excluding steroid dienone is 7. The predicted molar refractivity (Wildman–Crippen MR) is 185 cm³/mol. The van der Waals surface area contributed by atoms with Crippen LogP contribution in [-0.2, 0) is 14.3 Å². The van der Waals surface area contributed by atoms with Gasteiger partial charge in [-0.15, -0.1) is 0 Å². The Bertz CT molecular complexity index is 734. The molecule has 0 bridgehead atoms. The van der Waals surface area contributed by atoms with E-state index >= 15 is 0 Å². The molecule has 248 valence electrons. The molecule has 0 aliphatic rings. The standard InChI is InChI=1S/C39H68O4/c1-3-5-7-9-11-13-14-15-16-17-18-19-20-22-24-26-32-36-39(42)43-37(34-30-27-28-31-35-38(40)41)33-29-25-23-21-12-10-8-6-4-2/h11,13,15-16,21,23,29,33,37H,3-10,12,14,17-20,22,24-28,30-32,34-36H2,1-2H3,(H,40,41)/b13-11-,16-15-,23-21-,33-29-. The third kappa shape index (κ3) is 34.3. The van der Waals surface area contributed by atoms with E-state index in [1.807, 2.05) is 0 Å². The molecule has 1 N–H and O–H groups in total. The molecule has 0 aromatic heterocycles. The monoisotopic (exact) mass is 601 g/mol. The maximum absolute atomic E-state index is 12.5. The molecule has 0 aromatic carbocycles. The number of ether oxygens (including phenoxy) is 1. The largest absolute Gasteiger partial charge is 0.481 e. The molecule has 0 aliphatic heterocycles. The van der Waals surface area contributed by atoms with Crippen molar-refractivity contribution >= 4 is 11.9 Å². The second-order valence-electron chi connectivity index (χ2n) is 12.0. The van der Waals surface area contributed by atoms with Crippen LogP contribution in [0.25, 0.3) is 0 Å². The van der Waals surface area contributed by atoms with Crippen molar-refractivity contribution in [2.24, 2.45) is 0 Å². The molecule has 0 rings (SSSR count). The third-order valence-corrected chi connectivity index (χ3v) is 7.76. The van der Waals surface area contributed by atoms with Crippen molar-refractivity contribution < 1.29 is 19.4 Å². The van der Waals surface area contributed by atoms with E-state index in [-0.39, 0.29) is 18.5 Å². The summed E-state index contributed by atoms with van der Waals surface area (Å²) in [6.45, 7) is 4.48. The van der Waals surface area contributed by atoms with E-state index in [9.17, 15) is 9.59 Å². The summed E-state index contributed by atoms with van der Waals surface area (Å²) < 4.78 is 5.84. The molecule has 4 heteroatoms. The van der Waals surface area contributed by atoms with Gasteiger partial charge in [-0.05, 0) is 83.1 Å². The van der Waals surface area contributed by atoms with Gasteiger partial charge in [0.2, 0.25) is 0 Å². The number of hydrogen-bond donors (Lipinski definition) is 1. The first-order valence-electron chi connectivity index (χ1n) is 18.1. The van der Waals surface area contributed by atoms with Gasteiger partial charge in [-0.1, -0.05) is 133 Å². The van der Waals surface area contributed by atoms with E-state index in [4.69, 9.17) is 9.84 Å². The lowest BCUT2D eigenvalue weighted by Gasteiger charge is -2.14. The normalized spacial score (nSPS) is 12.8. The van der Waals surface area contributed by atoms with Crippen LogP contribution in [0.4, 0.5) is 0 Å². The fraction of sp³-hybridized carbons (Fsp3) is 0.744. The maximum Gasteiger partial charge on any atom is 0.306 e. The van der Waals surface area contributed by atoms with Crippen molar-refractivity contribution in [3.05, 3.63) is 48.6 Å². The zero-order valence-corrected chi connectivity index (χ0v) is 28.3. The van der Waals surface area contributed by atoms with E-state index in [2.05, 4.69) is 62.5 Å². The number of hydrogen-bond acceptors (Lipinski definition) is 3. The van der Waals surface area contributed by atoms with Crippen molar-refractivity contribution in [3.8, 4) is 0 Å². The quantitative estimate of drug-likeness (QED) is 0.0474. The fourth-order valence-electron chi connectivity index (χ4n) is 5.04. The number of carboxylic acids is 1. The van der Waals surface area contributed by atoms with E-state index in [0.717, 1.165) is 57.8 Å². The van der Waals surface area contributed by atoms with Gasteiger partial charge in [0.05, 0.1) is 0 Å². The van der Waals surface area contributed by atoms with Crippen LogP contribution in [0.2, 0.25) is 0 Å². The lowest BCUT2D eigenvalue weighted by molar-refractivity contribution is -0.147. The van der Waals surface area contributed by atoms with Gasteiger partial charge in [0.1, 0.15) is 6.10 Å². The van der Waals surface area contributed by atoms with Crippen LogP contribution in [0.5, 0.6) is 0 Å². The average Bonchev–Trinajstić information content (AvgIpc) is 2.99. The fourth-order valence-corrected chi connectivity index (χ4v) is 5.04. The molecular weight excluding hydrogens is 532 g/mol. The lowest BCUT2D eigenvalue weighted by Crippen LogP contribution is -2.16. The molecule has 4 nitrogen and oxygen atoms in total. The summed E-state index contributed by atoms with van der Waals surface area (Å²) >= 11 is 0. The number of esters is 1. The van der Waals surface area contributed by atoms with Crippen LogP contribution in [0.15, 0.2) is 48.6 Å². The highest BCUT2D eigenvalue weighted by atomic mass is 16.5. The van der Waals surface area contributed by atoms with E-state index in [0.29, 0.717) is 12.8 Å². The van der Waals surface area contributed by atoms with Crippen LogP contribution in [0, 0.1) is 0 Å². The Morgan fingerprint density at radius 3 is 1.56 bits per heavy atom. The Hall–Kier alpha value is -2.10. The van der Waals surface area contributed by atoms with Crippen LogP contribution in [0.1, 0.15) is 181 Å². The Kier molecular flexibility index (Phi) is 32.7. The van der Waals surface area contributed by atoms with Crippen molar-refractivity contribution in [2.75, 3.05) is 0 Å². The minimum absolute atomic E-state index is 0.0883. The third-order valence-electron chi connectivity index (χ3n) is 7.76. The molecule has 0 heterocycles. The van der Waals surface area contributed by atoms with Gasteiger partial charge < -0.3 is 9.84 Å².